The third-order valence-corrected chi connectivity index (χ3v) is 5.69. The first-order valence-electron chi connectivity index (χ1n) is 8.85. The van der Waals surface area contributed by atoms with Crippen molar-refractivity contribution in [3.8, 4) is 16.4 Å². The van der Waals surface area contributed by atoms with E-state index in [-0.39, 0.29) is 11.4 Å². The molecule has 2 aromatic carbocycles. The number of alkyl halides is 3. The highest BCUT2D eigenvalue weighted by Crippen LogP contribution is 2.36. The number of benzene rings is 2. The lowest BCUT2D eigenvalue weighted by Crippen LogP contribution is -2.13. The monoisotopic (exact) mass is 507 g/mol. The lowest BCUT2D eigenvalue weighted by molar-refractivity contribution is -0.137. The summed E-state index contributed by atoms with van der Waals surface area (Å²) >= 11 is 4.62. The van der Waals surface area contributed by atoms with E-state index in [0.29, 0.717) is 16.5 Å². The van der Waals surface area contributed by atoms with Gasteiger partial charge in [0.15, 0.2) is 5.69 Å². The van der Waals surface area contributed by atoms with Crippen molar-refractivity contribution >= 4 is 38.6 Å². The average molecular weight is 508 g/mol. The molecule has 0 saturated heterocycles. The van der Waals surface area contributed by atoms with Gasteiger partial charge in [0.1, 0.15) is 0 Å². The number of azo groups is 1. The van der Waals surface area contributed by atoms with Crippen LogP contribution in [0.1, 0.15) is 11.3 Å². The first-order valence-corrected chi connectivity index (χ1v) is 10.5. The van der Waals surface area contributed by atoms with Gasteiger partial charge in [-0.15, -0.1) is 21.6 Å². The van der Waals surface area contributed by atoms with Crippen molar-refractivity contribution in [3.63, 3.8) is 0 Å². The molecule has 0 saturated carbocycles. The second-order valence-electron chi connectivity index (χ2n) is 6.46. The summed E-state index contributed by atoms with van der Waals surface area (Å²) < 4.78 is 41.6. The van der Waals surface area contributed by atoms with Gasteiger partial charge in [-0.1, -0.05) is 40.2 Å². The number of halogens is 4. The smallest absolute Gasteiger partial charge is 0.291 e. The average Bonchev–Trinajstić information content (AvgIpc) is 3.31. The summed E-state index contributed by atoms with van der Waals surface area (Å²) in [6.07, 6.45) is -4.58. The van der Waals surface area contributed by atoms with Gasteiger partial charge < -0.3 is 0 Å². The second-order valence-corrected chi connectivity index (χ2v) is 8.22. The molecular weight excluding hydrogens is 495 g/mol. The zero-order valence-corrected chi connectivity index (χ0v) is 18.2. The van der Waals surface area contributed by atoms with E-state index >= 15 is 0 Å². The molecule has 0 aliphatic rings. The van der Waals surface area contributed by atoms with Crippen LogP contribution in [0, 0.1) is 6.92 Å². The minimum atomic E-state index is -4.58. The van der Waals surface area contributed by atoms with Gasteiger partial charge in [0.25, 0.3) is 0 Å². The fourth-order valence-electron chi connectivity index (χ4n) is 2.81. The third kappa shape index (κ3) is 4.37. The van der Waals surface area contributed by atoms with E-state index in [2.05, 4.69) is 36.2 Å². The Bertz CT molecular complexity index is 1320. The number of nitrogens with zero attached hydrogens (tertiary/aromatic N) is 4. The van der Waals surface area contributed by atoms with E-state index in [9.17, 15) is 18.0 Å². The van der Waals surface area contributed by atoms with Crippen molar-refractivity contribution in [2.45, 2.75) is 13.1 Å². The van der Waals surface area contributed by atoms with Gasteiger partial charge in [-0.2, -0.15) is 17.9 Å². The van der Waals surface area contributed by atoms with Crippen LogP contribution < -0.4 is 5.56 Å². The topological polar surface area (TPSA) is 75.4 Å². The van der Waals surface area contributed by atoms with E-state index in [0.717, 1.165) is 16.1 Å². The molecule has 4 aromatic rings. The highest BCUT2D eigenvalue weighted by Gasteiger charge is 2.33. The Morgan fingerprint density at radius 3 is 2.52 bits per heavy atom. The molecule has 1 N–H and O–H groups in total. The fourth-order valence-corrected chi connectivity index (χ4v) is 3.87. The van der Waals surface area contributed by atoms with Crippen LogP contribution in [-0.2, 0) is 6.18 Å². The number of rotatable bonds is 4. The summed E-state index contributed by atoms with van der Waals surface area (Å²) in [7, 11) is 0. The lowest BCUT2D eigenvalue weighted by atomic mass is 10.2. The van der Waals surface area contributed by atoms with Crippen LogP contribution in [0.3, 0.4) is 0 Å². The van der Waals surface area contributed by atoms with Gasteiger partial charge in [-0.3, -0.25) is 9.89 Å². The summed E-state index contributed by atoms with van der Waals surface area (Å²) in [5, 5.41) is 12.5. The molecule has 6 nitrogen and oxygen atoms in total. The fraction of sp³-hybridized carbons (Fsp3) is 0.100. The quantitative estimate of drug-likeness (QED) is 0.308. The molecule has 0 fully saturated rings. The molecule has 11 heteroatoms. The molecule has 0 amide bonds. The minimum Gasteiger partial charge on any atom is -0.291 e. The first kappa shape index (κ1) is 21.2. The van der Waals surface area contributed by atoms with E-state index in [1.807, 2.05) is 29.6 Å². The number of thiazole rings is 1. The van der Waals surface area contributed by atoms with Crippen molar-refractivity contribution in [1.82, 2.24) is 14.8 Å². The predicted octanol–water partition coefficient (Wildman–Crippen LogP) is 6.79. The zero-order valence-electron chi connectivity index (χ0n) is 15.8. The van der Waals surface area contributed by atoms with Crippen LogP contribution >= 0.6 is 27.3 Å². The number of aromatic nitrogens is 3. The van der Waals surface area contributed by atoms with Crippen LogP contribution in [0.15, 0.2) is 73.4 Å². The minimum absolute atomic E-state index is 0.0858. The van der Waals surface area contributed by atoms with E-state index in [4.69, 9.17) is 0 Å². The summed E-state index contributed by atoms with van der Waals surface area (Å²) in [6, 6.07) is 12.3. The molecule has 0 atom stereocenters. The molecule has 0 bridgehead atoms. The third-order valence-electron chi connectivity index (χ3n) is 4.33. The van der Waals surface area contributed by atoms with E-state index < -0.39 is 17.3 Å². The number of aromatic amines is 1. The molecule has 2 heterocycles. The van der Waals surface area contributed by atoms with Crippen LogP contribution in [-0.4, -0.2) is 14.8 Å². The molecule has 0 unspecified atom stereocenters. The van der Waals surface area contributed by atoms with Crippen molar-refractivity contribution in [2.75, 3.05) is 0 Å². The highest BCUT2D eigenvalue weighted by atomic mass is 79.9. The standard InChI is InChI=1S/C20H13BrF3N5OS/c1-11-17(27-26-15-5-3-2-4-14(15)20(22,23)24)18(30)29(28-11)19-25-16(10-31-19)12-6-8-13(21)9-7-12/h2-10,28H,1H3. The van der Waals surface area contributed by atoms with Gasteiger partial charge in [0, 0.05) is 15.4 Å². The van der Waals surface area contributed by atoms with Gasteiger partial charge in [-0.05, 0) is 31.2 Å². The van der Waals surface area contributed by atoms with Gasteiger partial charge in [0.2, 0.25) is 5.13 Å². The summed E-state index contributed by atoms with van der Waals surface area (Å²) in [5.41, 5.74) is -0.00210. The molecular formula is C20H13BrF3N5OS. The Labute approximate surface area is 186 Å². The molecule has 31 heavy (non-hydrogen) atoms. The summed E-state index contributed by atoms with van der Waals surface area (Å²) in [6.45, 7) is 1.59. The molecule has 0 spiro atoms. The van der Waals surface area contributed by atoms with Gasteiger partial charge in [0.05, 0.1) is 22.6 Å². The molecule has 158 valence electrons. The predicted molar refractivity (Wildman–Crippen MR) is 116 cm³/mol. The highest BCUT2D eigenvalue weighted by molar-refractivity contribution is 9.10. The molecule has 0 aliphatic carbocycles. The maximum atomic E-state index is 13.1. The number of aryl methyl sites for hydroxylation is 1. The van der Waals surface area contributed by atoms with E-state index in [1.54, 1.807) is 6.92 Å². The number of H-pyrrole nitrogens is 1. The maximum absolute atomic E-state index is 13.1. The van der Waals surface area contributed by atoms with Gasteiger partial charge in [-0.25, -0.2) is 4.98 Å². The van der Waals surface area contributed by atoms with Crippen molar-refractivity contribution in [3.05, 3.63) is 80.0 Å². The van der Waals surface area contributed by atoms with Crippen molar-refractivity contribution in [2.24, 2.45) is 10.2 Å². The Kier molecular flexibility index (Phi) is 5.63. The largest absolute Gasteiger partial charge is 0.418 e. The second kappa shape index (κ2) is 8.23. The Balaban J connectivity index is 1.68. The molecule has 0 aliphatic heterocycles. The Morgan fingerprint density at radius 1 is 1.10 bits per heavy atom. The van der Waals surface area contributed by atoms with Crippen molar-refractivity contribution < 1.29 is 13.2 Å². The SMILES string of the molecule is Cc1[nH]n(-c2nc(-c3ccc(Br)cc3)cs2)c(=O)c1N=Nc1ccccc1C(F)(F)F. The van der Waals surface area contributed by atoms with Crippen LogP contribution in [0.2, 0.25) is 0 Å². The first-order chi connectivity index (χ1) is 14.7. The van der Waals surface area contributed by atoms with Crippen LogP contribution in [0.25, 0.3) is 16.4 Å². The van der Waals surface area contributed by atoms with E-state index in [1.165, 1.54) is 34.2 Å². The molecule has 0 radical (unpaired) electrons. The Morgan fingerprint density at radius 2 is 1.81 bits per heavy atom. The zero-order chi connectivity index (χ0) is 22.2. The maximum Gasteiger partial charge on any atom is 0.418 e. The summed E-state index contributed by atoms with van der Waals surface area (Å²) in [4.78, 5) is 17.3. The number of nitrogens with one attached hydrogen (secondary N) is 1. The summed E-state index contributed by atoms with van der Waals surface area (Å²) in [5.74, 6) is 0. The van der Waals surface area contributed by atoms with Gasteiger partial charge >= 0.3 is 11.7 Å². The number of hydrogen-bond donors (Lipinski definition) is 1. The lowest BCUT2D eigenvalue weighted by Gasteiger charge is -2.07. The van der Waals surface area contributed by atoms with Crippen LogP contribution in [0.4, 0.5) is 24.5 Å². The van der Waals surface area contributed by atoms with Crippen LogP contribution in [0.5, 0.6) is 0 Å². The van der Waals surface area contributed by atoms with Crippen molar-refractivity contribution in [1.29, 1.82) is 0 Å². The molecule has 4 rings (SSSR count). The number of hydrogen-bond acceptors (Lipinski definition) is 5. The normalized spacial score (nSPS) is 12.0. The Hall–Kier alpha value is -3.05. The molecule has 2 aromatic heterocycles.